The second-order valence-electron chi connectivity index (χ2n) is 3.97. The maximum atomic E-state index is 13.2. The molecule has 0 spiro atoms. The second kappa shape index (κ2) is 5.61. The van der Waals surface area contributed by atoms with E-state index in [4.69, 9.17) is 17.4 Å². The summed E-state index contributed by atoms with van der Waals surface area (Å²) in [5.74, 6) is 3.44. The van der Waals surface area contributed by atoms with Crippen molar-refractivity contribution < 1.29 is 13.2 Å². The highest BCUT2D eigenvalue weighted by Gasteiger charge is 2.17. The van der Waals surface area contributed by atoms with Gasteiger partial charge in [0.05, 0.1) is 6.04 Å². The first-order valence-electron chi connectivity index (χ1n) is 5.38. The van der Waals surface area contributed by atoms with E-state index >= 15 is 0 Å². The van der Waals surface area contributed by atoms with E-state index in [1.165, 1.54) is 12.1 Å². The molecule has 0 aliphatic rings. The average molecular weight is 287 g/mol. The number of rotatable bonds is 3. The van der Waals surface area contributed by atoms with Crippen LogP contribution in [0.1, 0.15) is 17.2 Å². The molecule has 0 saturated heterocycles. The van der Waals surface area contributed by atoms with Crippen molar-refractivity contribution in [2.75, 3.05) is 0 Å². The van der Waals surface area contributed by atoms with Crippen LogP contribution in [0.3, 0.4) is 0 Å². The molecule has 2 nitrogen and oxygen atoms in total. The van der Waals surface area contributed by atoms with Crippen LogP contribution in [0.2, 0.25) is 5.02 Å². The minimum Gasteiger partial charge on any atom is -0.271 e. The van der Waals surface area contributed by atoms with Gasteiger partial charge in [0, 0.05) is 11.1 Å². The third-order valence-corrected chi connectivity index (χ3v) is 2.99. The highest BCUT2D eigenvalue weighted by Crippen LogP contribution is 2.29. The van der Waals surface area contributed by atoms with Crippen LogP contribution in [0.15, 0.2) is 36.4 Å². The van der Waals surface area contributed by atoms with E-state index in [-0.39, 0.29) is 10.6 Å². The van der Waals surface area contributed by atoms with E-state index < -0.39 is 23.5 Å². The summed E-state index contributed by atoms with van der Waals surface area (Å²) >= 11 is 5.91. The lowest BCUT2D eigenvalue weighted by molar-refractivity contribution is 0.565. The van der Waals surface area contributed by atoms with E-state index in [0.29, 0.717) is 5.56 Å². The molecule has 0 aliphatic heterocycles. The van der Waals surface area contributed by atoms with Gasteiger partial charge < -0.3 is 0 Å². The molecule has 6 heteroatoms. The summed E-state index contributed by atoms with van der Waals surface area (Å²) in [6.07, 6.45) is 0. The van der Waals surface area contributed by atoms with Gasteiger partial charge in [0.1, 0.15) is 17.5 Å². The summed E-state index contributed by atoms with van der Waals surface area (Å²) in [6, 6.07) is 5.99. The van der Waals surface area contributed by atoms with Crippen LogP contribution in [-0.2, 0) is 0 Å². The quantitative estimate of drug-likeness (QED) is 0.671. The molecule has 0 aliphatic carbocycles. The first-order chi connectivity index (χ1) is 9.01. The molecule has 0 amide bonds. The van der Waals surface area contributed by atoms with E-state index in [1.807, 2.05) is 0 Å². The van der Waals surface area contributed by atoms with Gasteiger partial charge in [-0.25, -0.2) is 18.6 Å². The lowest BCUT2D eigenvalue weighted by atomic mass is 9.99. The SMILES string of the molecule is NNC(c1cc(F)cc(F)c1)c1ccc(F)cc1Cl. The molecule has 3 N–H and O–H groups in total. The number of hydrogen-bond acceptors (Lipinski definition) is 2. The molecule has 100 valence electrons. The fourth-order valence-corrected chi connectivity index (χ4v) is 2.12. The van der Waals surface area contributed by atoms with E-state index in [0.717, 1.165) is 24.3 Å². The Kier molecular flexibility index (Phi) is 4.09. The molecule has 0 aromatic heterocycles. The Morgan fingerprint density at radius 2 is 1.58 bits per heavy atom. The maximum absolute atomic E-state index is 13.2. The van der Waals surface area contributed by atoms with Crippen LogP contribution in [0.4, 0.5) is 13.2 Å². The number of benzene rings is 2. The molecule has 19 heavy (non-hydrogen) atoms. The molecule has 2 aromatic carbocycles. The Hall–Kier alpha value is -1.56. The molecular weight excluding hydrogens is 277 g/mol. The average Bonchev–Trinajstić information content (AvgIpc) is 2.31. The van der Waals surface area contributed by atoms with Gasteiger partial charge >= 0.3 is 0 Å². The third-order valence-electron chi connectivity index (χ3n) is 2.66. The fraction of sp³-hybridized carbons (Fsp3) is 0.0769. The molecule has 2 rings (SSSR count). The number of nitrogens with one attached hydrogen (secondary N) is 1. The van der Waals surface area contributed by atoms with Crippen LogP contribution < -0.4 is 11.3 Å². The van der Waals surface area contributed by atoms with Gasteiger partial charge in [-0.15, -0.1) is 0 Å². The molecule has 1 atom stereocenters. The summed E-state index contributed by atoms with van der Waals surface area (Å²) in [6.45, 7) is 0. The molecule has 0 heterocycles. The van der Waals surface area contributed by atoms with Gasteiger partial charge in [-0.2, -0.15) is 0 Å². The molecule has 0 saturated carbocycles. The van der Waals surface area contributed by atoms with Crippen LogP contribution in [0, 0.1) is 17.5 Å². The van der Waals surface area contributed by atoms with E-state index in [9.17, 15) is 13.2 Å². The zero-order valence-corrected chi connectivity index (χ0v) is 10.4. The zero-order chi connectivity index (χ0) is 14.0. The highest BCUT2D eigenvalue weighted by molar-refractivity contribution is 6.31. The normalized spacial score (nSPS) is 12.5. The van der Waals surface area contributed by atoms with Gasteiger partial charge in [-0.1, -0.05) is 17.7 Å². The van der Waals surface area contributed by atoms with E-state index in [1.54, 1.807) is 0 Å². The van der Waals surface area contributed by atoms with Crippen molar-refractivity contribution in [2.45, 2.75) is 6.04 Å². The summed E-state index contributed by atoms with van der Waals surface area (Å²) in [7, 11) is 0. The summed E-state index contributed by atoms with van der Waals surface area (Å²) in [5, 5.41) is 0.118. The minimum absolute atomic E-state index is 0.118. The Morgan fingerprint density at radius 1 is 0.947 bits per heavy atom. The molecule has 1 unspecified atom stereocenters. The van der Waals surface area contributed by atoms with Crippen molar-refractivity contribution in [3.63, 3.8) is 0 Å². The minimum atomic E-state index is -0.738. The van der Waals surface area contributed by atoms with Crippen molar-refractivity contribution in [1.29, 1.82) is 0 Å². The molecule has 0 radical (unpaired) electrons. The molecule has 2 aromatic rings. The zero-order valence-electron chi connectivity index (χ0n) is 9.63. The van der Waals surface area contributed by atoms with Gasteiger partial charge in [0.25, 0.3) is 0 Å². The van der Waals surface area contributed by atoms with Crippen LogP contribution >= 0.6 is 11.6 Å². The van der Waals surface area contributed by atoms with Crippen molar-refractivity contribution >= 4 is 11.6 Å². The number of hydrogen-bond donors (Lipinski definition) is 2. The Bertz CT molecular complexity index is 584. The summed E-state index contributed by atoms with van der Waals surface area (Å²) in [4.78, 5) is 0. The lowest BCUT2D eigenvalue weighted by Crippen LogP contribution is -2.29. The monoisotopic (exact) mass is 286 g/mol. The van der Waals surface area contributed by atoms with Crippen LogP contribution in [0.25, 0.3) is 0 Å². The maximum Gasteiger partial charge on any atom is 0.126 e. The predicted molar refractivity (Wildman–Crippen MR) is 66.9 cm³/mol. The van der Waals surface area contributed by atoms with Gasteiger partial charge in [0.15, 0.2) is 0 Å². The largest absolute Gasteiger partial charge is 0.271 e. The van der Waals surface area contributed by atoms with Crippen LogP contribution in [-0.4, -0.2) is 0 Å². The van der Waals surface area contributed by atoms with Crippen molar-refractivity contribution in [3.05, 3.63) is 70.0 Å². The number of halogens is 4. The molecule has 0 bridgehead atoms. The van der Waals surface area contributed by atoms with Crippen molar-refractivity contribution in [1.82, 2.24) is 5.43 Å². The van der Waals surface area contributed by atoms with Gasteiger partial charge in [0.2, 0.25) is 0 Å². The number of hydrazine groups is 1. The summed E-state index contributed by atoms with van der Waals surface area (Å²) < 4.78 is 39.4. The lowest BCUT2D eigenvalue weighted by Gasteiger charge is -2.18. The second-order valence-corrected chi connectivity index (χ2v) is 4.38. The fourth-order valence-electron chi connectivity index (χ4n) is 1.84. The van der Waals surface area contributed by atoms with Crippen molar-refractivity contribution in [2.24, 2.45) is 5.84 Å². The van der Waals surface area contributed by atoms with Gasteiger partial charge in [-0.3, -0.25) is 5.84 Å². The Balaban J connectivity index is 2.49. The Morgan fingerprint density at radius 3 is 2.11 bits per heavy atom. The Labute approximate surface area is 113 Å². The smallest absolute Gasteiger partial charge is 0.126 e. The first-order valence-corrected chi connectivity index (χ1v) is 5.76. The van der Waals surface area contributed by atoms with Crippen LogP contribution in [0.5, 0.6) is 0 Å². The standard InChI is InChI=1S/C13H10ClF3N2/c14-12-6-8(15)1-2-11(12)13(19-18)7-3-9(16)5-10(17)4-7/h1-6,13,19H,18H2. The van der Waals surface area contributed by atoms with E-state index in [2.05, 4.69) is 5.43 Å². The molecular formula is C13H10ClF3N2. The van der Waals surface area contributed by atoms with Crippen molar-refractivity contribution in [3.8, 4) is 0 Å². The first kappa shape index (κ1) is 13.9. The topological polar surface area (TPSA) is 38.0 Å². The predicted octanol–water partition coefficient (Wildman–Crippen LogP) is 3.31. The number of nitrogens with two attached hydrogens (primary N) is 1. The molecule has 0 fully saturated rings. The summed E-state index contributed by atoms with van der Waals surface area (Å²) in [5.41, 5.74) is 3.09. The van der Waals surface area contributed by atoms with Gasteiger partial charge in [-0.05, 0) is 35.4 Å². The highest BCUT2D eigenvalue weighted by atomic mass is 35.5. The third kappa shape index (κ3) is 3.07.